The third kappa shape index (κ3) is 2.49. The number of rotatable bonds is 2. The lowest BCUT2D eigenvalue weighted by Crippen LogP contribution is -2.44. The lowest BCUT2D eigenvalue weighted by Gasteiger charge is -2.32. The van der Waals surface area contributed by atoms with Gasteiger partial charge in [-0.05, 0) is 31.4 Å². The molecule has 0 saturated carbocycles. The van der Waals surface area contributed by atoms with E-state index in [1.807, 2.05) is 5.01 Å². The molecule has 2 rings (SSSR count). The van der Waals surface area contributed by atoms with E-state index in [0.29, 0.717) is 6.04 Å². The molecule has 80 valence electrons. The van der Waals surface area contributed by atoms with E-state index in [1.165, 1.54) is 25.9 Å². The van der Waals surface area contributed by atoms with Crippen LogP contribution in [-0.4, -0.2) is 42.6 Å². The molecule has 2 aliphatic rings. The monoisotopic (exact) mass is 195 g/mol. The van der Waals surface area contributed by atoms with Crippen LogP contribution in [-0.2, 0) is 0 Å². The van der Waals surface area contributed by atoms with Crippen LogP contribution in [0.5, 0.6) is 0 Å². The van der Waals surface area contributed by atoms with Crippen molar-refractivity contribution < 1.29 is 0 Å². The van der Waals surface area contributed by atoms with Crippen LogP contribution in [0.25, 0.3) is 0 Å². The third-order valence-electron chi connectivity index (χ3n) is 3.11. The van der Waals surface area contributed by atoms with Crippen LogP contribution in [0.3, 0.4) is 0 Å². The highest BCUT2D eigenvalue weighted by molar-refractivity contribution is 4.99. The molecule has 3 nitrogen and oxygen atoms in total. The molecule has 1 saturated heterocycles. The Hall–Kier alpha value is -0.540. The maximum absolute atomic E-state index is 3.40. The summed E-state index contributed by atoms with van der Waals surface area (Å²) in [5.74, 6) is 0.881. The topological polar surface area (TPSA) is 18.5 Å². The Balaban J connectivity index is 1.77. The zero-order valence-corrected chi connectivity index (χ0v) is 9.24. The van der Waals surface area contributed by atoms with E-state index in [9.17, 15) is 0 Å². The van der Waals surface area contributed by atoms with E-state index >= 15 is 0 Å². The lowest BCUT2D eigenvalue weighted by molar-refractivity contribution is 0.164. The van der Waals surface area contributed by atoms with Gasteiger partial charge in [-0.2, -0.15) is 0 Å². The summed E-state index contributed by atoms with van der Waals surface area (Å²) in [5, 5.41) is 2.04. The summed E-state index contributed by atoms with van der Waals surface area (Å²) in [6.07, 6.45) is 7.13. The molecule has 0 aromatic heterocycles. The Morgan fingerprint density at radius 3 is 3.00 bits per heavy atom. The third-order valence-corrected chi connectivity index (χ3v) is 3.11. The Labute approximate surface area is 86.7 Å². The van der Waals surface area contributed by atoms with Crippen molar-refractivity contribution in [2.24, 2.45) is 5.92 Å². The molecule has 2 heterocycles. The Morgan fingerprint density at radius 1 is 1.50 bits per heavy atom. The fourth-order valence-corrected chi connectivity index (χ4v) is 2.41. The molecule has 0 spiro atoms. The highest BCUT2D eigenvalue weighted by Gasteiger charge is 2.20. The summed E-state index contributed by atoms with van der Waals surface area (Å²) in [6, 6.07) is 0.519. The van der Waals surface area contributed by atoms with Crippen LogP contribution < -0.4 is 5.43 Å². The molecule has 1 fully saturated rings. The van der Waals surface area contributed by atoms with Gasteiger partial charge in [-0.25, -0.2) is 5.43 Å². The van der Waals surface area contributed by atoms with Gasteiger partial charge in [0.15, 0.2) is 0 Å². The smallest absolute Gasteiger partial charge is 0.0587 e. The highest BCUT2D eigenvalue weighted by atomic mass is 15.5. The van der Waals surface area contributed by atoms with Gasteiger partial charge >= 0.3 is 0 Å². The number of hydrogen-bond acceptors (Lipinski definition) is 3. The van der Waals surface area contributed by atoms with Crippen molar-refractivity contribution in [2.75, 3.05) is 26.7 Å². The second kappa shape index (κ2) is 4.32. The average molecular weight is 195 g/mol. The average Bonchev–Trinajstić information content (AvgIpc) is 2.51. The van der Waals surface area contributed by atoms with Gasteiger partial charge in [0.2, 0.25) is 0 Å². The maximum Gasteiger partial charge on any atom is 0.0587 e. The second-order valence-electron chi connectivity index (χ2n) is 4.69. The number of hydrogen-bond donors (Lipinski definition) is 1. The molecule has 0 bridgehead atoms. The molecule has 0 aromatic carbocycles. The predicted octanol–water partition coefficient (Wildman–Crippen LogP) is 1.05. The van der Waals surface area contributed by atoms with Gasteiger partial charge in [0.25, 0.3) is 0 Å². The van der Waals surface area contributed by atoms with Crippen LogP contribution in [0.1, 0.15) is 19.8 Å². The first-order valence-corrected chi connectivity index (χ1v) is 5.64. The fourth-order valence-electron chi connectivity index (χ4n) is 2.41. The maximum atomic E-state index is 3.40. The summed E-state index contributed by atoms with van der Waals surface area (Å²) < 4.78 is 0. The van der Waals surface area contributed by atoms with Crippen LogP contribution in [0, 0.1) is 5.92 Å². The lowest BCUT2D eigenvalue weighted by atomic mass is 10.00. The van der Waals surface area contributed by atoms with Crippen LogP contribution >= 0.6 is 0 Å². The fraction of sp³-hybridized carbons (Fsp3) is 0.818. The quantitative estimate of drug-likeness (QED) is 0.710. The summed E-state index contributed by atoms with van der Waals surface area (Å²) in [7, 11) is 2.05. The molecule has 0 amide bonds. The summed E-state index contributed by atoms with van der Waals surface area (Å²) >= 11 is 0. The van der Waals surface area contributed by atoms with Gasteiger partial charge in [0, 0.05) is 26.3 Å². The Bertz CT molecular complexity index is 215. The van der Waals surface area contributed by atoms with Crippen LogP contribution in [0.2, 0.25) is 0 Å². The molecule has 2 aliphatic heterocycles. The van der Waals surface area contributed by atoms with E-state index in [4.69, 9.17) is 0 Å². The standard InChI is InChI=1S/C11H21N3/c1-10-4-3-6-14(8-10)9-11-5-7-13(2)12-11/h5,7,10-12H,3-4,6,8-9H2,1-2H3/t10-,11?/m1/s1. The molecule has 1 unspecified atom stereocenters. The van der Waals surface area contributed by atoms with Crippen molar-refractivity contribution in [1.29, 1.82) is 0 Å². The summed E-state index contributed by atoms with van der Waals surface area (Å²) in [5.41, 5.74) is 3.40. The van der Waals surface area contributed by atoms with Crippen molar-refractivity contribution in [1.82, 2.24) is 15.3 Å². The van der Waals surface area contributed by atoms with E-state index in [1.54, 1.807) is 0 Å². The van der Waals surface area contributed by atoms with E-state index in [0.717, 1.165) is 12.5 Å². The minimum absolute atomic E-state index is 0.519. The first-order valence-electron chi connectivity index (χ1n) is 5.64. The van der Waals surface area contributed by atoms with Gasteiger partial charge < -0.3 is 9.91 Å². The van der Waals surface area contributed by atoms with Crippen molar-refractivity contribution in [2.45, 2.75) is 25.8 Å². The number of piperidine rings is 1. The SMILES string of the molecule is C[C@@H]1CCCN(CC2C=CN(C)N2)C1. The molecule has 0 aliphatic carbocycles. The van der Waals surface area contributed by atoms with Crippen LogP contribution in [0.4, 0.5) is 0 Å². The molecule has 1 N–H and O–H groups in total. The number of nitrogens with one attached hydrogen (secondary N) is 1. The minimum Gasteiger partial charge on any atom is -0.318 e. The zero-order chi connectivity index (χ0) is 9.97. The van der Waals surface area contributed by atoms with Gasteiger partial charge in [0.05, 0.1) is 6.04 Å². The normalized spacial score (nSPS) is 34.0. The zero-order valence-electron chi connectivity index (χ0n) is 9.24. The van der Waals surface area contributed by atoms with E-state index < -0.39 is 0 Å². The molecule has 3 heteroatoms. The van der Waals surface area contributed by atoms with E-state index in [-0.39, 0.29) is 0 Å². The van der Waals surface area contributed by atoms with Crippen molar-refractivity contribution in [3.8, 4) is 0 Å². The summed E-state index contributed by atoms with van der Waals surface area (Å²) in [4.78, 5) is 2.58. The molecule has 0 aromatic rings. The second-order valence-corrected chi connectivity index (χ2v) is 4.69. The summed E-state index contributed by atoms with van der Waals surface area (Å²) in [6.45, 7) is 6.07. The molecular formula is C11H21N3. The molecule has 14 heavy (non-hydrogen) atoms. The Morgan fingerprint density at radius 2 is 2.36 bits per heavy atom. The molecule has 0 radical (unpaired) electrons. The molecule has 2 atom stereocenters. The van der Waals surface area contributed by atoms with E-state index in [2.05, 4.69) is 36.6 Å². The van der Waals surface area contributed by atoms with Crippen LogP contribution in [0.15, 0.2) is 12.3 Å². The number of nitrogens with zero attached hydrogens (tertiary/aromatic N) is 2. The van der Waals surface area contributed by atoms with Crippen molar-refractivity contribution >= 4 is 0 Å². The van der Waals surface area contributed by atoms with Crippen molar-refractivity contribution in [3.05, 3.63) is 12.3 Å². The van der Waals surface area contributed by atoms with Gasteiger partial charge in [-0.3, -0.25) is 0 Å². The van der Waals surface area contributed by atoms with Crippen molar-refractivity contribution in [3.63, 3.8) is 0 Å². The first kappa shape index (κ1) is 9.99. The first-order chi connectivity index (χ1) is 6.74. The largest absolute Gasteiger partial charge is 0.318 e. The Kier molecular flexibility index (Phi) is 3.08. The minimum atomic E-state index is 0.519. The predicted molar refractivity (Wildman–Crippen MR) is 58.7 cm³/mol. The van der Waals surface area contributed by atoms with Gasteiger partial charge in [0.1, 0.15) is 0 Å². The number of hydrazine groups is 1. The highest BCUT2D eigenvalue weighted by Crippen LogP contribution is 2.16. The number of likely N-dealkylation sites (tertiary alicyclic amines) is 1. The van der Waals surface area contributed by atoms with Gasteiger partial charge in [-0.1, -0.05) is 6.92 Å². The molecular weight excluding hydrogens is 174 g/mol. The van der Waals surface area contributed by atoms with Gasteiger partial charge in [-0.15, -0.1) is 0 Å².